The van der Waals surface area contributed by atoms with Crippen LogP contribution in [0.4, 0.5) is 0 Å². The first kappa shape index (κ1) is 18.7. The molecule has 1 spiro atoms. The summed E-state index contributed by atoms with van der Waals surface area (Å²) >= 11 is 1.98. The predicted molar refractivity (Wildman–Crippen MR) is 105 cm³/mol. The van der Waals surface area contributed by atoms with E-state index in [1.165, 1.54) is 32.1 Å². The molecule has 3 aliphatic rings. The van der Waals surface area contributed by atoms with Crippen LogP contribution in [0.1, 0.15) is 79.1 Å². The van der Waals surface area contributed by atoms with E-state index in [-0.39, 0.29) is 11.5 Å². The van der Waals surface area contributed by atoms with Crippen LogP contribution in [0.2, 0.25) is 0 Å². The van der Waals surface area contributed by atoms with Gasteiger partial charge in [-0.1, -0.05) is 47.0 Å². The minimum absolute atomic E-state index is 0.166. The number of piperidine rings is 1. The van der Waals surface area contributed by atoms with Gasteiger partial charge in [0.05, 0.1) is 16.9 Å². The van der Waals surface area contributed by atoms with E-state index in [9.17, 15) is 5.11 Å². The molecule has 0 bridgehead atoms. The number of aliphatic hydroxyl groups is 1. The molecule has 4 heteroatoms. The van der Waals surface area contributed by atoms with Gasteiger partial charge in [0, 0.05) is 6.04 Å². The summed E-state index contributed by atoms with van der Waals surface area (Å²) in [5.41, 5.74) is 2.72. The Morgan fingerprint density at radius 1 is 1.33 bits per heavy atom. The second-order valence-electron chi connectivity index (χ2n) is 9.25. The zero-order valence-corrected chi connectivity index (χ0v) is 16.7. The Hall–Kier alpha value is -0.0600. The number of aliphatic imine (C=N–C) groups is 1. The lowest BCUT2D eigenvalue weighted by Gasteiger charge is -2.55. The average molecular weight is 353 g/mol. The predicted octanol–water partition coefficient (Wildman–Crippen LogP) is 4.59. The number of thioether (sulfide) groups is 1. The van der Waals surface area contributed by atoms with Crippen molar-refractivity contribution in [3.8, 4) is 0 Å². The summed E-state index contributed by atoms with van der Waals surface area (Å²) in [7, 11) is 0. The number of rotatable bonds is 5. The lowest BCUT2D eigenvalue weighted by Crippen LogP contribution is -2.62. The Morgan fingerprint density at radius 2 is 2.04 bits per heavy atom. The highest BCUT2D eigenvalue weighted by atomic mass is 32.2. The summed E-state index contributed by atoms with van der Waals surface area (Å²) in [4.78, 5) is 4.78. The van der Waals surface area contributed by atoms with Crippen molar-refractivity contribution >= 4 is 17.3 Å². The summed E-state index contributed by atoms with van der Waals surface area (Å²) in [5, 5.41) is 14.7. The highest BCUT2D eigenvalue weighted by Crippen LogP contribution is 2.56. The van der Waals surface area contributed by atoms with Crippen molar-refractivity contribution in [2.75, 3.05) is 0 Å². The van der Waals surface area contributed by atoms with Gasteiger partial charge in [0.15, 0.2) is 0 Å². The number of nitrogens with zero attached hydrogens (tertiary/aromatic N) is 1. The molecule has 138 valence electrons. The molecule has 1 aliphatic carbocycles. The van der Waals surface area contributed by atoms with E-state index in [1.807, 2.05) is 11.8 Å². The SMILES string of the molecule is CCC(O)CC(C)(C)CC1N[C@H]2N=CSC2C2(CCCCC2)[C@H]1C. The maximum absolute atomic E-state index is 10.1. The van der Waals surface area contributed by atoms with Crippen LogP contribution in [0.25, 0.3) is 0 Å². The molecule has 2 aliphatic heterocycles. The average Bonchev–Trinajstić information content (AvgIpc) is 3.01. The summed E-state index contributed by atoms with van der Waals surface area (Å²) in [6, 6.07) is 0.513. The van der Waals surface area contributed by atoms with Crippen LogP contribution in [-0.4, -0.2) is 34.2 Å². The topological polar surface area (TPSA) is 44.6 Å². The molecule has 0 radical (unpaired) electrons. The van der Waals surface area contributed by atoms with Gasteiger partial charge >= 0.3 is 0 Å². The minimum atomic E-state index is -0.171. The van der Waals surface area contributed by atoms with Crippen molar-refractivity contribution in [1.82, 2.24) is 5.32 Å². The summed E-state index contributed by atoms with van der Waals surface area (Å²) in [6.07, 6.45) is 9.96. The van der Waals surface area contributed by atoms with Crippen LogP contribution >= 0.6 is 11.8 Å². The van der Waals surface area contributed by atoms with Gasteiger partial charge < -0.3 is 5.11 Å². The molecule has 3 nitrogen and oxygen atoms in total. The van der Waals surface area contributed by atoms with Gasteiger partial charge in [0.2, 0.25) is 0 Å². The smallest absolute Gasteiger partial charge is 0.113 e. The van der Waals surface area contributed by atoms with E-state index >= 15 is 0 Å². The van der Waals surface area contributed by atoms with Gasteiger partial charge in [0.1, 0.15) is 6.17 Å². The van der Waals surface area contributed by atoms with E-state index < -0.39 is 0 Å². The number of hydrogen-bond donors (Lipinski definition) is 2. The van der Waals surface area contributed by atoms with Crippen LogP contribution < -0.4 is 5.32 Å². The van der Waals surface area contributed by atoms with Gasteiger partial charge in [-0.2, -0.15) is 0 Å². The largest absolute Gasteiger partial charge is 0.393 e. The Kier molecular flexibility index (Phi) is 5.68. The standard InChI is InChI=1S/C20H36N2OS/c1-5-15(23)11-19(3,4)12-16-14(2)20(9-7-6-8-10-20)17-18(22-16)21-13-24-17/h13-18,22-23H,5-12H2,1-4H3/t14-,15?,16?,17?,18+/m0/s1. The van der Waals surface area contributed by atoms with Crippen LogP contribution in [0.3, 0.4) is 0 Å². The quantitative estimate of drug-likeness (QED) is 0.760. The third kappa shape index (κ3) is 3.57. The fourth-order valence-electron chi connectivity index (χ4n) is 5.57. The molecule has 0 aromatic heterocycles. The molecular formula is C20H36N2OS. The zero-order chi connectivity index (χ0) is 17.4. The van der Waals surface area contributed by atoms with Gasteiger partial charge in [-0.05, 0) is 48.9 Å². The van der Waals surface area contributed by atoms with Gasteiger partial charge in [-0.15, -0.1) is 11.8 Å². The van der Waals surface area contributed by atoms with Crippen molar-refractivity contribution in [1.29, 1.82) is 0 Å². The third-order valence-corrected chi connectivity index (χ3v) is 8.26. The first-order valence-electron chi connectivity index (χ1n) is 9.99. The summed E-state index contributed by atoms with van der Waals surface area (Å²) < 4.78 is 0. The molecule has 5 atom stereocenters. The van der Waals surface area contributed by atoms with Crippen molar-refractivity contribution in [3.05, 3.63) is 0 Å². The van der Waals surface area contributed by atoms with E-state index in [0.717, 1.165) is 19.3 Å². The molecule has 3 unspecified atom stereocenters. The first-order chi connectivity index (χ1) is 11.4. The van der Waals surface area contributed by atoms with Crippen molar-refractivity contribution in [2.45, 2.75) is 103 Å². The van der Waals surface area contributed by atoms with Crippen LogP contribution in [0, 0.1) is 16.7 Å². The minimum Gasteiger partial charge on any atom is -0.393 e. The van der Waals surface area contributed by atoms with Crippen LogP contribution in [-0.2, 0) is 0 Å². The molecule has 24 heavy (non-hydrogen) atoms. The molecule has 0 aromatic rings. The highest BCUT2D eigenvalue weighted by molar-refractivity contribution is 8.13. The number of aliphatic hydroxyl groups excluding tert-OH is 1. The Morgan fingerprint density at radius 3 is 2.71 bits per heavy atom. The normalized spacial score (nSPS) is 36.7. The van der Waals surface area contributed by atoms with E-state index in [1.54, 1.807) is 0 Å². The molecule has 3 rings (SSSR count). The molecule has 2 heterocycles. The highest BCUT2D eigenvalue weighted by Gasteiger charge is 2.55. The zero-order valence-electron chi connectivity index (χ0n) is 15.9. The van der Waals surface area contributed by atoms with E-state index in [4.69, 9.17) is 4.99 Å². The van der Waals surface area contributed by atoms with E-state index in [0.29, 0.717) is 28.8 Å². The van der Waals surface area contributed by atoms with Crippen molar-refractivity contribution in [2.24, 2.45) is 21.7 Å². The molecule has 0 amide bonds. The van der Waals surface area contributed by atoms with Crippen molar-refractivity contribution < 1.29 is 5.11 Å². The van der Waals surface area contributed by atoms with E-state index in [2.05, 4.69) is 38.6 Å². The molecule has 0 aromatic carbocycles. The Bertz CT molecular complexity index is 459. The number of hydrogen-bond acceptors (Lipinski definition) is 4. The molecular weight excluding hydrogens is 316 g/mol. The lowest BCUT2D eigenvalue weighted by molar-refractivity contribution is 0.00675. The number of nitrogens with one attached hydrogen (secondary N) is 1. The maximum atomic E-state index is 10.1. The fraction of sp³-hybridized carbons (Fsp3) is 0.950. The molecule has 2 fully saturated rings. The lowest BCUT2D eigenvalue weighted by atomic mass is 9.58. The van der Waals surface area contributed by atoms with Crippen LogP contribution in [0.15, 0.2) is 4.99 Å². The summed E-state index contributed by atoms with van der Waals surface area (Å²) in [5.74, 6) is 0.686. The second-order valence-corrected chi connectivity index (χ2v) is 10.2. The Labute approximate surface area is 152 Å². The summed E-state index contributed by atoms with van der Waals surface area (Å²) in [6.45, 7) is 9.22. The van der Waals surface area contributed by atoms with Gasteiger partial charge in [-0.3, -0.25) is 10.3 Å². The monoisotopic (exact) mass is 352 g/mol. The third-order valence-electron chi connectivity index (χ3n) is 6.99. The Balaban J connectivity index is 1.77. The van der Waals surface area contributed by atoms with Gasteiger partial charge in [-0.25, -0.2) is 0 Å². The van der Waals surface area contributed by atoms with Crippen LogP contribution in [0.5, 0.6) is 0 Å². The maximum Gasteiger partial charge on any atom is 0.113 e. The second kappa shape index (κ2) is 7.28. The fourth-order valence-corrected chi connectivity index (χ4v) is 6.92. The number of fused-ring (bicyclic) bond motifs is 2. The first-order valence-corrected chi connectivity index (χ1v) is 10.9. The van der Waals surface area contributed by atoms with Crippen molar-refractivity contribution in [3.63, 3.8) is 0 Å². The molecule has 1 saturated carbocycles. The molecule has 2 N–H and O–H groups in total. The molecule has 1 saturated heterocycles. The van der Waals surface area contributed by atoms with Gasteiger partial charge in [0.25, 0.3) is 0 Å².